The van der Waals surface area contributed by atoms with Gasteiger partial charge in [-0.15, -0.1) is 0 Å². The number of nitrogens with zero attached hydrogens (tertiary/aromatic N) is 2. The first-order chi connectivity index (χ1) is 9.74. The van der Waals surface area contributed by atoms with E-state index in [0.717, 1.165) is 6.42 Å². The smallest absolute Gasteiger partial charge is 0.326 e. The Morgan fingerprint density at radius 1 is 1.29 bits per heavy atom. The molecule has 2 fully saturated rings. The Balaban J connectivity index is 2.09. The molecule has 2 rings (SSSR count). The van der Waals surface area contributed by atoms with E-state index in [9.17, 15) is 19.5 Å². The molecule has 0 saturated carbocycles. The number of carboxylic acids is 1. The quantitative estimate of drug-likeness (QED) is 0.774. The molecule has 0 radical (unpaired) electrons. The molecule has 0 spiro atoms. The summed E-state index contributed by atoms with van der Waals surface area (Å²) in [5.41, 5.74) is 4.67. The number of carbonyl (C=O) groups excluding carboxylic acids is 2. The van der Waals surface area contributed by atoms with E-state index in [1.807, 2.05) is 6.92 Å². The summed E-state index contributed by atoms with van der Waals surface area (Å²) in [4.78, 5) is 38.4. The molecular formula is C14H23N3O4. The van der Waals surface area contributed by atoms with Gasteiger partial charge < -0.3 is 20.6 Å². The van der Waals surface area contributed by atoms with Gasteiger partial charge in [-0.05, 0) is 32.1 Å². The highest BCUT2D eigenvalue weighted by molar-refractivity contribution is 5.85. The van der Waals surface area contributed by atoms with Crippen molar-refractivity contribution in [3.8, 4) is 0 Å². The molecule has 3 atom stereocenters. The zero-order valence-electron chi connectivity index (χ0n) is 12.5. The maximum absolute atomic E-state index is 12.6. The summed E-state index contributed by atoms with van der Waals surface area (Å²) in [6.07, 6.45) is 1.80. The molecule has 2 aliphatic rings. The van der Waals surface area contributed by atoms with E-state index in [-0.39, 0.29) is 12.6 Å². The first-order valence-electron chi connectivity index (χ1n) is 7.33. The largest absolute Gasteiger partial charge is 0.480 e. The van der Waals surface area contributed by atoms with Crippen molar-refractivity contribution < 1.29 is 19.5 Å². The molecule has 3 amide bonds. The molecule has 118 valence electrons. The van der Waals surface area contributed by atoms with Gasteiger partial charge in [-0.1, -0.05) is 6.92 Å². The van der Waals surface area contributed by atoms with Crippen molar-refractivity contribution in [2.24, 2.45) is 17.1 Å². The van der Waals surface area contributed by atoms with E-state index in [1.165, 1.54) is 4.90 Å². The number of nitrogens with two attached hydrogens (primary N) is 1. The number of carboxylic acid groups (broad SMARTS) is 1. The number of aliphatic carboxylic acids is 1. The Labute approximate surface area is 124 Å². The van der Waals surface area contributed by atoms with Gasteiger partial charge in [0.05, 0.1) is 5.41 Å². The van der Waals surface area contributed by atoms with Crippen LogP contribution in [-0.4, -0.2) is 58.5 Å². The van der Waals surface area contributed by atoms with Gasteiger partial charge in [0.15, 0.2) is 0 Å². The average molecular weight is 297 g/mol. The van der Waals surface area contributed by atoms with Crippen molar-refractivity contribution in [2.75, 3.05) is 19.6 Å². The van der Waals surface area contributed by atoms with Crippen molar-refractivity contribution >= 4 is 17.9 Å². The molecule has 3 unspecified atom stereocenters. The van der Waals surface area contributed by atoms with E-state index < -0.39 is 23.3 Å². The predicted molar refractivity (Wildman–Crippen MR) is 75.4 cm³/mol. The minimum atomic E-state index is -0.966. The molecule has 0 aromatic heterocycles. The standard InChI is InChI=1S/C14H23N3O4/c1-9-3-5-17(10(7-9)11(18)19)13(21)16-6-4-14(2,8-16)12(15)20/h9-10H,3-8H2,1-2H3,(H2,15,20)(H,18,19). The van der Waals surface area contributed by atoms with Gasteiger partial charge in [0.1, 0.15) is 6.04 Å². The van der Waals surface area contributed by atoms with Crippen molar-refractivity contribution in [1.29, 1.82) is 0 Å². The number of likely N-dealkylation sites (tertiary alicyclic amines) is 2. The number of primary amides is 1. The molecule has 3 N–H and O–H groups in total. The minimum Gasteiger partial charge on any atom is -0.480 e. The van der Waals surface area contributed by atoms with Gasteiger partial charge in [0.2, 0.25) is 5.91 Å². The van der Waals surface area contributed by atoms with E-state index in [1.54, 1.807) is 11.8 Å². The first-order valence-corrected chi connectivity index (χ1v) is 7.33. The van der Waals surface area contributed by atoms with E-state index in [0.29, 0.717) is 31.8 Å². The monoisotopic (exact) mass is 297 g/mol. The van der Waals surface area contributed by atoms with Crippen LogP contribution in [0, 0.1) is 11.3 Å². The highest BCUT2D eigenvalue weighted by atomic mass is 16.4. The van der Waals surface area contributed by atoms with Crippen LogP contribution in [0.5, 0.6) is 0 Å². The van der Waals surface area contributed by atoms with Gasteiger partial charge >= 0.3 is 12.0 Å². The molecular weight excluding hydrogens is 274 g/mol. The van der Waals surface area contributed by atoms with Crippen LogP contribution >= 0.6 is 0 Å². The third kappa shape index (κ3) is 2.96. The number of hydrogen-bond acceptors (Lipinski definition) is 3. The zero-order chi connectivity index (χ0) is 15.8. The Kier molecular flexibility index (Phi) is 4.11. The zero-order valence-corrected chi connectivity index (χ0v) is 12.5. The van der Waals surface area contributed by atoms with Gasteiger partial charge in [0.25, 0.3) is 0 Å². The van der Waals surface area contributed by atoms with Crippen LogP contribution in [0.25, 0.3) is 0 Å². The molecule has 0 bridgehead atoms. The fourth-order valence-corrected chi connectivity index (χ4v) is 3.11. The van der Waals surface area contributed by atoms with Gasteiger partial charge in [-0.3, -0.25) is 4.79 Å². The summed E-state index contributed by atoms with van der Waals surface area (Å²) >= 11 is 0. The van der Waals surface area contributed by atoms with Crippen LogP contribution in [0.2, 0.25) is 0 Å². The van der Waals surface area contributed by atoms with Crippen LogP contribution < -0.4 is 5.73 Å². The van der Waals surface area contributed by atoms with Crippen molar-refractivity contribution in [1.82, 2.24) is 9.80 Å². The van der Waals surface area contributed by atoms with Crippen LogP contribution in [0.3, 0.4) is 0 Å². The fourth-order valence-electron chi connectivity index (χ4n) is 3.11. The number of piperidine rings is 1. The summed E-state index contributed by atoms with van der Waals surface area (Å²) in [6.45, 7) is 4.89. The maximum atomic E-state index is 12.6. The van der Waals surface area contributed by atoms with Gasteiger partial charge in [-0.25, -0.2) is 9.59 Å². The number of carbonyl (C=O) groups is 3. The maximum Gasteiger partial charge on any atom is 0.326 e. The lowest BCUT2D eigenvalue weighted by Gasteiger charge is -2.38. The number of urea groups is 1. The molecule has 21 heavy (non-hydrogen) atoms. The van der Waals surface area contributed by atoms with Gasteiger partial charge in [-0.2, -0.15) is 0 Å². The lowest BCUT2D eigenvalue weighted by Crippen LogP contribution is -2.54. The van der Waals surface area contributed by atoms with Crippen LogP contribution in [0.4, 0.5) is 4.79 Å². The second kappa shape index (κ2) is 5.54. The van der Waals surface area contributed by atoms with E-state index in [2.05, 4.69) is 0 Å². The average Bonchev–Trinajstić information content (AvgIpc) is 2.82. The Morgan fingerprint density at radius 2 is 1.95 bits per heavy atom. The third-order valence-corrected chi connectivity index (χ3v) is 4.73. The minimum absolute atomic E-state index is 0.263. The second-order valence-corrected chi connectivity index (χ2v) is 6.56. The lowest BCUT2D eigenvalue weighted by molar-refractivity contribution is -0.144. The summed E-state index contributed by atoms with van der Waals surface area (Å²) in [5.74, 6) is -1.09. The number of amides is 3. The molecule has 0 aromatic rings. The normalized spacial score (nSPS) is 33.0. The Bertz CT molecular complexity index is 467. The lowest BCUT2D eigenvalue weighted by atomic mass is 9.89. The van der Waals surface area contributed by atoms with Crippen molar-refractivity contribution in [2.45, 2.75) is 39.2 Å². The van der Waals surface area contributed by atoms with Crippen LogP contribution in [-0.2, 0) is 9.59 Å². The number of rotatable bonds is 2. The molecule has 7 nitrogen and oxygen atoms in total. The Hall–Kier alpha value is -1.79. The fraction of sp³-hybridized carbons (Fsp3) is 0.786. The second-order valence-electron chi connectivity index (χ2n) is 6.56. The van der Waals surface area contributed by atoms with E-state index in [4.69, 9.17) is 5.73 Å². The van der Waals surface area contributed by atoms with Crippen LogP contribution in [0.15, 0.2) is 0 Å². The number of hydrogen-bond donors (Lipinski definition) is 2. The van der Waals surface area contributed by atoms with Crippen molar-refractivity contribution in [3.05, 3.63) is 0 Å². The Morgan fingerprint density at radius 3 is 2.48 bits per heavy atom. The highest BCUT2D eigenvalue weighted by Gasteiger charge is 2.44. The first kappa shape index (κ1) is 15.6. The van der Waals surface area contributed by atoms with Gasteiger partial charge in [0, 0.05) is 19.6 Å². The third-order valence-electron chi connectivity index (χ3n) is 4.73. The summed E-state index contributed by atoms with van der Waals surface area (Å²) in [6, 6.07) is -1.07. The molecule has 2 heterocycles. The molecule has 2 saturated heterocycles. The molecule has 0 aliphatic carbocycles. The van der Waals surface area contributed by atoms with Crippen LogP contribution in [0.1, 0.15) is 33.1 Å². The summed E-state index contributed by atoms with van der Waals surface area (Å²) < 4.78 is 0. The SMILES string of the molecule is CC1CCN(C(=O)N2CCC(C)(C(N)=O)C2)C(C(=O)O)C1. The highest BCUT2D eigenvalue weighted by Crippen LogP contribution is 2.31. The van der Waals surface area contributed by atoms with Crippen molar-refractivity contribution in [3.63, 3.8) is 0 Å². The molecule has 2 aliphatic heterocycles. The molecule has 7 heteroatoms. The molecule has 0 aromatic carbocycles. The predicted octanol–water partition coefficient (Wildman–Crippen LogP) is 0.489. The summed E-state index contributed by atoms with van der Waals surface area (Å²) in [7, 11) is 0. The topological polar surface area (TPSA) is 104 Å². The van der Waals surface area contributed by atoms with E-state index >= 15 is 0 Å². The summed E-state index contributed by atoms with van der Waals surface area (Å²) in [5, 5.41) is 9.32.